The van der Waals surface area contributed by atoms with Crippen LogP contribution in [-0.4, -0.2) is 40.0 Å². The number of hydrogen-bond acceptors (Lipinski definition) is 4. The molecule has 1 atom stereocenters. The minimum Gasteiger partial charge on any atom is -0.481 e. The molecule has 8 heteroatoms. The minimum atomic E-state index is -1.30. The number of aliphatic carboxylic acids is 2. The average Bonchev–Trinajstić information content (AvgIpc) is 2.42. The van der Waals surface area contributed by atoms with Gasteiger partial charge in [0.1, 0.15) is 6.04 Å². The highest BCUT2D eigenvalue weighted by Crippen LogP contribution is 2.10. The normalized spacial score (nSPS) is 11.3. The van der Waals surface area contributed by atoms with E-state index in [2.05, 4.69) is 10.6 Å². The lowest BCUT2D eigenvalue weighted by Crippen LogP contribution is -2.41. The predicted molar refractivity (Wildman–Crippen MR) is 76.5 cm³/mol. The molecule has 0 aliphatic heterocycles. The SMILES string of the molecule is CC(=O)Nc1ccc(C(=O)N[C@H](CCC(=O)O)C(=O)O)cc1. The molecule has 0 aliphatic rings. The van der Waals surface area contributed by atoms with Gasteiger partial charge >= 0.3 is 11.9 Å². The molecule has 0 spiro atoms. The molecule has 0 aliphatic carbocycles. The van der Waals surface area contributed by atoms with E-state index in [-0.39, 0.29) is 24.3 Å². The van der Waals surface area contributed by atoms with Gasteiger partial charge in [0.2, 0.25) is 5.91 Å². The van der Waals surface area contributed by atoms with Gasteiger partial charge in [-0.05, 0) is 30.7 Å². The van der Waals surface area contributed by atoms with E-state index in [0.29, 0.717) is 5.69 Å². The second-order valence-electron chi connectivity index (χ2n) is 4.56. The van der Waals surface area contributed by atoms with E-state index in [1.807, 2.05) is 0 Å². The average molecular weight is 308 g/mol. The van der Waals surface area contributed by atoms with Gasteiger partial charge in [-0.2, -0.15) is 0 Å². The first kappa shape index (κ1) is 17.2. The molecule has 0 saturated heterocycles. The van der Waals surface area contributed by atoms with E-state index in [4.69, 9.17) is 10.2 Å². The zero-order chi connectivity index (χ0) is 16.7. The van der Waals surface area contributed by atoms with E-state index < -0.39 is 23.9 Å². The third-order valence-corrected chi connectivity index (χ3v) is 2.72. The Balaban J connectivity index is 2.71. The van der Waals surface area contributed by atoms with Crippen molar-refractivity contribution in [2.45, 2.75) is 25.8 Å². The van der Waals surface area contributed by atoms with Crippen molar-refractivity contribution in [2.75, 3.05) is 5.32 Å². The van der Waals surface area contributed by atoms with Crippen molar-refractivity contribution in [3.63, 3.8) is 0 Å². The second kappa shape index (κ2) is 7.77. The molecular formula is C14H16N2O6. The van der Waals surface area contributed by atoms with Gasteiger partial charge in [-0.1, -0.05) is 0 Å². The third kappa shape index (κ3) is 5.61. The number of carboxylic acid groups (broad SMARTS) is 2. The summed E-state index contributed by atoms with van der Waals surface area (Å²) in [6.07, 6.45) is -0.570. The number of amides is 2. The zero-order valence-electron chi connectivity index (χ0n) is 11.8. The highest BCUT2D eigenvalue weighted by atomic mass is 16.4. The van der Waals surface area contributed by atoms with Crippen molar-refractivity contribution in [3.05, 3.63) is 29.8 Å². The Morgan fingerprint density at radius 2 is 1.68 bits per heavy atom. The molecule has 0 fully saturated rings. The predicted octanol–water partition coefficient (Wildman–Crippen LogP) is 0.693. The van der Waals surface area contributed by atoms with Gasteiger partial charge < -0.3 is 20.8 Å². The van der Waals surface area contributed by atoms with Crippen LogP contribution in [0.5, 0.6) is 0 Å². The van der Waals surface area contributed by atoms with Gasteiger partial charge in [-0.3, -0.25) is 14.4 Å². The Hall–Kier alpha value is -2.90. The first-order valence-electron chi connectivity index (χ1n) is 6.42. The van der Waals surface area contributed by atoms with Crippen LogP contribution in [0.1, 0.15) is 30.1 Å². The molecule has 2 amide bonds. The van der Waals surface area contributed by atoms with Crippen LogP contribution in [0, 0.1) is 0 Å². The molecule has 8 nitrogen and oxygen atoms in total. The first-order chi connectivity index (χ1) is 10.3. The van der Waals surface area contributed by atoms with Crippen LogP contribution in [-0.2, 0) is 14.4 Å². The van der Waals surface area contributed by atoms with Gasteiger partial charge in [0, 0.05) is 24.6 Å². The van der Waals surface area contributed by atoms with Crippen LogP contribution < -0.4 is 10.6 Å². The maximum absolute atomic E-state index is 11.9. The molecule has 1 aromatic carbocycles. The van der Waals surface area contributed by atoms with E-state index in [1.165, 1.54) is 31.2 Å². The Bertz CT molecular complexity index is 582. The zero-order valence-corrected chi connectivity index (χ0v) is 11.8. The minimum absolute atomic E-state index is 0.204. The number of benzene rings is 1. The monoisotopic (exact) mass is 308 g/mol. The van der Waals surface area contributed by atoms with Gasteiger partial charge in [0.15, 0.2) is 0 Å². The number of carbonyl (C=O) groups is 4. The van der Waals surface area contributed by atoms with Crippen LogP contribution in [0.3, 0.4) is 0 Å². The quantitative estimate of drug-likeness (QED) is 0.586. The summed E-state index contributed by atoms with van der Waals surface area (Å²) in [7, 11) is 0. The lowest BCUT2D eigenvalue weighted by atomic mass is 10.1. The summed E-state index contributed by atoms with van der Waals surface area (Å²) in [5.41, 5.74) is 0.709. The molecule has 0 unspecified atom stereocenters. The number of nitrogens with one attached hydrogen (secondary N) is 2. The molecule has 1 aromatic rings. The van der Waals surface area contributed by atoms with Crippen molar-refractivity contribution >= 4 is 29.4 Å². The maximum atomic E-state index is 11.9. The Morgan fingerprint density at radius 1 is 1.09 bits per heavy atom. The van der Waals surface area contributed by atoms with Crippen molar-refractivity contribution in [3.8, 4) is 0 Å². The summed E-state index contributed by atoms with van der Waals surface area (Å²) >= 11 is 0. The fraction of sp³-hybridized carbons (Fsp3) is 0.286. The fourth-order valence-electron chi connectivity index (χ4n) is 1.67. The van der Waals surface area contributed by atoms with Crippen molar-refractivity contribution < 1.29 is 29.4 Å². The molecule has 4 N–H and O–H groups in total. The Morgan fingerprint density at radius 3 is 2.14 bits per heavy atom. The largest absolute Gasteiger partial charge is 0.481 e. The van der Waals surface area contributed by atoms with Gasteiger partial charge in [-0.15, -0.1) is 0 Å². The molecule has 0 aromatic heterocycles. The Labute approximate surface area is 126 Å². The molecule has 0 bridgehead atoms. The van der Waals surface area contributed by atoms with Crippen LogP contribution >= 0.6 is 0 Å². The molecule has 118 valence electrons. The van der Waals surface area contributed by atoms with Crippen LogP contribution in [0.2, 0.25) is 0 Å². The number of anilines is 1. The summed E-state index contributed by atoms with van der Waals surface area (Å²) in [4.78, 5) is 44.3. The molecule has 0 radical (unpaired) electrons. The summed E-state index contributed by atoms with van der Waals surface area (Å²) in [6, 6.07) is 4.58. The number of carboxylic acids is 2. The summed E-state index contributed by atoms with van der Waals surface area (Å²) in [5.74, 6) is -3.33. The lowest BCUT2D eigenvalue weighted by molar-refractivity contribution is -0.140. The Kier molecular flexibility index (Phi) is 6.06. The van der Waals surface area contributed by atoms with E-state index in [0.717, 1.165) is 0 Å². The van der Waals surface area contributed by atoms with Crippen LogP contribution in [0.4, 0.5) is 5.69 Å². The highest BCUT2D eigenvalue weighted by Gasteiger charge is 2.21. The van der Waals surface area contributed by atoms with Crippen molar-refractivity contribution in [1.82, 2.24) is 5.32 Å². The summed E-state index contributed by atoms with van der Waals surface area (Å²) in [6.45, 7) is 1.35. The topological polar surface area (TPSA) is 133 Å². The van der Waals surface area contributed by atoms with E-state index >= 15 is 0 Å². The number of rotatable bonds is 7. The standard InChI is InChI=1S/C14H16N2O6/c1-8(17)15-10-4-2-9(3-5-10)13(20)16-11(14(21)22)6-7-12(18)19/h2-5,11H,6-7H2,1H3,(H,15,17)(H,16,20)(H,18,19)(H,21,22)/t11-/m1/s1. The molecule has 22 heavy (non-hydrogen) atoms. The first-order valence-corrected chi connectivity index (χ1v) is 6.42. The van der Waals surface area contributed by atoms with Crippen molar-refractivity contribution in [2.24, 2.45) is 0 Å². The molecule has 0 saturated carbocycles. The van der Waals surface area contributed by atoms with E-state index in [9.17, 15) is 19.2 Å². The van der Waals surface area contributed by atoms with Gasteiger partial charge in [0.25, 0.3) is 5.91 Å². The smallest absolute Gasteiger partial charge is 0.326 e. The fourth-order valence-corrected chi connectivity index (χ4v) is 1.67. The summed E-state index contributed by atoms with van der Waals surface area (Å²) < 4.78 is 0. The maximum Gasteiger partial charge on any atom is 0.326 e. The molecule has 1 rings (SSSR count). The van der Waals surface area contributed by atoms with E-state index in [1.54, 1.807) is 0 Å². The third-order valence-electron chi connectivity index (χ3n) is 2.72. The van der Waals surface area contributed by atoms with Crippen molar-refractivity contribution in [1.29, 1.82) is 0 Å². The lowest BCUT2D eigenvalue weighted by Gasteiger charge is -2.13. The molecular weight excluding hydrogens is 292 g/mol. The highest BCUT2D eigenvalue weighted by molar-refractivity contribution is 5.97. The molecule has 0 heterocycles. The van der Waals surface area contributed by atoms with Crippen LogP contribution in [0.25, 0.3) is 0 Å². The number of carbonyl (C=O) groups excluding carboxylic acids is 2. The van der Waals surface area contributed by atoms with Gasteiger partial charge in [0.05, 0.1) is 0 Å². The van der Waals surface area contributed by atoms with Gasteiger partial charge in [-0.25, -0.2) is 4.79 Å². The van der Waals surface area contributed by atoms with Crippen LogP contribution in [0.15, 0.2) is 24.3 Å². The summed E-state index contributed by atoms with van der Waals surface area (Å²) in [5, 5.41) is 22.3. The second-order valence-corrected chi connectivity index (χ2v) is 4.56. The number of hydrogen-bond donors (Lipinski definition) is 4.